The third-order valence-corrected chi connectivity index (χ3v) is 2.38. The topological polar surface area (TPSA) is 89.6 Å². The number of hydrogen-bond donors (Lipinski definition) is 3. The van der Waals surface area contributed by atoms with E-state index < -0.39 is 16.8 Å². The van der Waals surface area contributed by atoms with E-state index in [9.17, 15) is 9.59 Å². The SMILES string of the molecule is C=C(C)C(=O)OCCCC.CC(C)(S)[C@@H](N)C(=O)O. The Balaban J connectivity index is 0. The van der Waals surface area contributed by atoms with Crippen molar-refractivity contribution in [2.75, 3.05) is 6.61 Å². The van der Waals surface area contributed by atoms with Gasteiger partial charge in [0.05, 0.1) is 6.61 Å². The molecule has 0 bridgehead atoms. The molecule has 0 amide bonds. The Morgan fingerprint density at radius 2 is 1.95 bits per heavy atom. The van der Waals surface area contributed by atoms with Crippen LogP contribution in [0.3, 0.4) is 0 Å². The monoisotopic (exact) mass is 291 g/mol. The van der Waals surface area contributed by atoms with Gasteiger partial charge >= 0.3 is 11.9 Å². The Morgan fingerprint density at radius 3 is 2.16 bits per heavy atom. The molecule has 0 rings (SSSR count). The van der Waals surface area contributed by atoms with Gasteiger partial charge in [0.1, 0.15) is 6.04 Å². The fraction of sp³-hybridized carbons (Fsp3) is 0.692. The number of carboxylic acid groups (broad SMARTS) is 1. The van der Waals surface area contributed by atoms with E-state index in [1.807, 2.05) is 0 Å². The second-order valence-electron chi connectivity index (χ2n) is 4.74. The normalized spacial score (nSPS) is 11.9. The van der Waals surface area contributed by atoms with Gasteiger partial charge in [0, 0.05) is 10.3 Å². The maximum absolute atomic E-state index is 10.7. The lowest BCUT2D eigenvalue weighted by atomic mass is 10.1. The van der Waals surface area contributed by atoms with Gasteiger partial charge in [0.15, 0.2) is 0 Å². The first kappa shape index (κ1) is 20.3. The summed E-state index contributed by atoms with van der Waals surface area (Å²) in [5.74, 6) is -1.30. The van der Waals surface area contributed by atoms with Crippen molar-refractivity contribution < 1.29 is 19.4 Å². The first-order chi connectivity index (χ1) is 8.53. The number of rotatable bonds is 6. The van der Waals surface area contributed by atoms with Gasteiger partial charge in [-0.2, -0.15) is 12.6 Å². The molecule has 0 aliphatic rings. The lowest BCUT2D eigenvalue weighted by molar-refractivity contribution is -0.140. The van der Waals surface area contributed by atoms with E-state index >= 15 is 0 Å². The van der Waals surface area contributed by atoms with Crippen LogP contribution >= 0.6 is 12.6 Å². The molecule has 0 aromatic carbocycles. The highest BCUT2D eigenvalue weighted by Crippen LogP contribution is 2.15. The zero-order chi connectivity index (χ0) is 15.6. The molecule has 5 nitrogen and oxygen atoms in total. The second-order valence-corrected chi connectivity index (χ2v) is 5.89. The van der Waals surface area contributed by atoms with Crippen LogP contribution in [0.5, 0.6) is 0 Å². The van der Waals surface area contributed by atoms with Crippen molar-refractivity contribution >= 4 is 24.6 Å². The third-order valence-electron chi connectivity index (χ3n) is 2.11. The molecule has 0 aromatic rings. The molecule has 0 aliphatic carbocycles. The lowest BCUT2D eigenvalue weighted by Gasteiger charge is -2.21. The Morgan fingerprint density at radius 1 is 1.47 bits per heavy atom. The average molecular weight is 291 g/mol. The van der Waals surface area contributed by atoms with Crippen LogP contribution < -0.4 is 5.73 Å². The van der Waals surface area contributed by atoms with Crippen LogP contribution in [-0.2, 0) is 14.3 Å². The van der Waals surface area contributed by atoms with Crippen molar-refractivity contribution in [3.05, 3.63) is 12.2 Å². The Labute approximate surface area is 120 Å². The zero-order valence-corrected chi connectivity index (χ0v) is 13.0. The summed E-state index contributed by atoms with van der Waals surface area (Å²) in [6, 6.07) is -0.902. The minimum Gasteiger partial charge on any atom is -0.480 e. The van der Waals surface area contributed by atoms with E-state index in [0.717, 1.165) is 12.8 Å². The van der Waals surface area contributed by atoms with Crippen molar-refractivity contribution in [2.24, 2.45) is 5.73 Å². The van der Waals surface area contributed by atoms with Crippen LogP contribution in [0, 0.1) is 0 Å². The minimum absolute atomic E-state index is 0.284. The largest absolute Gasteiger partial charge is 0.480 e. The van der Waals surface area contributed by atoms with Crippen LogP contribution in [0.1, 0.15) is 40.5 Å². The summed E-state index contributed by atoms with van der Waals surface area (Å²) in [5, 5.41) is 8.34. The van der Waals surface area contributed by atoms with Gasteiger partial charge in [-0.3, -0.25) is 4.79 Å². The molecule has 0 fully saturated rings. The predicted octanol–water partition coefficient (Wildman–Crippen LogP) is 2.01. The van der Waals surface area contributed by atoms with Gasteiger partial charge in [-0.15, -0.1) is 0 Å². The molecular weight excluding hydrogens is 266 g/mol. The van der Waals surface area contributed by atoms with Gasteiger partial charge in [-0.25, -0.2) is 4.79 Å². The molecule has 0 saturated heterocycles. The number of carbonyl (C=O) groups excluding carboxylic acids is 1. The van der Waals surface area contributed by atoms with E-state index in [-0.39, 0.29) is 5.97 Å². The van der Waals surface area contributed by atoms with E-state index in [0.29, 0.717) is 12.2 Å². The lowest BCUT2D eigenvalue weighted by Crippen LogP contribution is -2.45. The summed E-state index contributed by atoms with van der Waals surface area (Å²) in [6.07, 6.45) is 1.97. The van der Waals surface area contributed by atoms with E-state index in [4.69, 9.17) is 15.6 Å². The number of hydrogen-bond acceptors (Lipinski definition) is 5. The first-order valence-corrected chi connectivity index (χ1v) is 6.52. The first-order valence-electron chi connectivity index (χ1n) is 6.07. The molecule has 1 atom stereocenters. The highest BCUT2D eigenvalue weighted by atomic mass is 32.1. The number of unbranched alkanes of at least 4 members (excludes halogenated alkanes) is 1. The number of thiol groups is 1. The van der Waals surface area contributed by atoms with E-state index in [1.54, 1.807) is 20.8 Å². The smallest absolute Gasteiger partial charge is 0.333 e. The van der Waals surface area contributed by atoms with Crippen LogP contribution in [0.15, 0.2) is 12.2 Å². The van der Waals surface area contributed by atoms with Crippen molar-refractivity contribution in [2.45, 2.75) is 51.3 Å². The third kappa shape index (κ3) is 11.8. The van der Waals surface area contributed by atoms with E-state index in [2.05, 4.69) is 26.1 Å². The number of esters is 1. The number of ether oxygens (including phenoxy) is 1. The zero-order valence-electron chi connectivity index (χ0n) is 12.1. The van der Waals surface area contributed by atoms with Gasteiger partial charge < -0.3 is 15.6 Å². The van der Waals surface area contributed by atoms with Gasteiger partial charge in [0.2, 0.25) is 0 Å². The quantitative estimate of drug-likeness (QED) is 0.301. The Hall–Kier alpha value is -1.01. The van der Waals surface area contributed by atoms with Gasteiger partial charge in [-0.1, -0.05) is 19.9 Å². The summed E-state index contributed by atoms with van der Waals surface area (Å²) < 4.78 is 4.16. The summed E-state index contributed by atoms with van der Waals surface area (Å²) in [7, 11) is 0. The fourth-order valence-corrected chi connectivity index (χ4v) is 0.845. The van der Waals surface area contributed by atoms with Crippen molar-refractivity contribution in [3.8, 4) is 0 Å². The summed E-state index contributed by atoms with van der Waals surface area (Å²) in [5.41, 5.74) is 5.69. The van der Waals surface area contributed by atoms with Crippen molar-refractivity contribution in [1.29, 1.82) is 0 Å². The average Bonchev–Trinajstić information content (AvgIpc) is 2.27. The molecule has 0 heterocycles. The van der Waals surface area contributed by atoms with Crippen LogP contribution in [-0.4, -0.2) is 34.4 Å². The number of carbonyl (C=O) groups is 2. The highest BCUT2D eigenvalue weighted by molar-refractivity contribution is 7.81. The minimum atomic E-state index is -1.02. The number of nitrogens with two attached hydrogens (primary N) is 1. The molecule has 0 radical (unpaired) electrons. The molecule has 0 unspecified atom stereocenters. The molecule has 0 aromatic heterocycles. The maximum atomic E-state index is 10.7. The fourth-order valence-electron chi connectivity index (χ4n) is 0.735. The summed E-state index contributed by atoms with van der Waals surface area (Å²) >= 11 is 3.98. The highest BCUT2D eigenvalue weighted by Gasteiger charge is 2.27. The van der Waals surface area contributed by atoms with Crippen molar-refractivity contribution in [1.82, 2.24) is 0 Å². The molecule has 0 spiro atoms. The number of carboxylic acids is 1. The van der Waals surface area contributed by atoms with E-state index in [1.165, 1.54) is 0 Å². The van der Waals surface area contributed by atoms with Crippen LogP contribution in [0.25, 0.3) is 0 Å². The van der Waals surface area contributed by atoms with Gasteiger partial charge in [-0.05, 0) is 27.2 Å². The molecule has 19 heavy (non-hydrogen) atoms. The van der Waals surface area contributed by atoms with Gasteiger partial charge in [0.25, 0.3) is 0 Å². The van der Waals surface area contributed by atoms with Crippen molar-refractivity contribution in [3.63, 3.8) is 0 Å². The van der Waals surface area contributed by atoms with Crippen LogP contribution in [0.4, 0.5) is 0 Å². The molecule has 3 N–H and O–H groups in total. The molecule has 0 aliphatic heterocycles. The standard InChI is InChI=1S/C8H14O2.C5H11NO2S/c1-4-5-6-10-8(9)7(2)3;1-5(2,9)3(6)4(7)8/h2,4-6H2,1,3H3;3,9H,6H2,1-2H3,(H,7,8)/t;3-/m.0/s1. The maximum Gasteiger partial charge on any atom is 0.333 e. The summed E-state index contributed by atoms with van der Waals surface area (Å²) in [6.45, 7) is 11.0. The Bertz CT molecular complexity index is 310. The second kappa shape index (κ2) is 9.86. The molecule has 0 saturated carbocycles. The molecular formula is C13H25NO4S. The number of aliphatic carboxylic acids is 1. The van der Waals surface area contributed by atoms with Crippen LogP contribution in [0.2, 0.25) is 0 Å². The Kier molecular flexibility index (Phi) is 10.5. The molecule has 112 valence electrons. The summed E-state index contributed by atoms with van der Waals surface area (Å²) in [4.78, 5) is 20.9. The predicted molar refractivity (Wildman–Crippen MR) is 79.4 cm³/mol. The molecule has 6 heteroatoms.